The standard InChI is InChI=1S/C21H23ClN4O5/c1-12-5-3-8-15(22)18(12)20(29)26-16(21(30)31-2)10-24-17(27)11-25-19(28)13-6-4-7-14(23)9-13/h3-9,16H,10-11,23H2,1-2H3,(H,24,27)(H,25,28)(H,26,29)/t16-/m0/s1. The number of hydrogen-bond acceptors (Lipinski definition) is 6. The molecular weight excluding hydrogens is 424 g/mol. The van der Waals surface area contributed by atoms with Crippen LogP contribution in [-0.4, -0.2) is 49.9 Å². The van der Waals surface area contributed by atoms with Crippen LogP contribution in [0.1, 0.15) is 26.3 Å². The van der Waals surface area contributed by atoms with E-state index in [1.54, 1.807) is 43.3 Å². The zero-order valence-electron chi connectivity index (χ0n) is 17.0. The van der Waals surface area contributed by atoms with Crippen LogP contribution < -0.4 is 21.7 Å². The Bertz CT molecular complexity index is 975. The summed E-state index contributed by atoms with van der Waals surface area (Å²) in [5.74, 6) is -2.37. The maximum Gasteiger partial charge on any atom is 0.330 e. The second kappa shape index (κ2) is 11.0. The zero-order valence-corrected chi connectivity index (χ0v) is 17.8. The number of benzene rings is 2. The van der Waals surface area contributed by atoms with Gasteiger partial charge in [0.2, 0.25) is 5.91 Å². The number of hydrogen-bond donors (Lipinski definition) is 4. The van der Waals surface area contributed by atoms with Gasteiger partial charge in [0.25, 0.3) is 11.8 Å². The van der Waals surface area contributed by atoms with E-state index in [0.717, 1.165) is 7.11 Å². The van der Waals surface area contributed by atoms with Gasteiger partial charge in [0.05, 0.1) is 24.2 Å². The zero-order chi connectivity index (χ0) is 23.0. The highest BCUT2D eigenvalue weighted by molar-refractivity contribution is 6.34. The Morgan fingerprint density at radius 2 is 1.77 bits per heavy atom. The minimum absolute atomic E-state index is 0.221. The number of halogens is 1. The lowest BCUT2D eigenvalue weighted by atomic mass is 10.1. The van der Waals surface area contributed by atoms with Crippen molar-refractivity contribution in [2.24, 2.45) is 0 Å². The third-order valence-corrected chi connectivity index (χ3v) is 4.62. The fraction of sp³-hybridized carbons (Fsp3) is 0.238. The number of aryl methyl sites for hydroxylation is 1. The van der Waals surface area contributed by atoms with Gasteiger partial charge in [0.15, 0.2) is 0 Å². The van der Waals surface area contributed by atoms with Gasteiger partial charge in [-0.1, -0.05) is 29.8 Å². The van der Waals surface area contributed by atoms with Crippen LogP contribution in [0.4, 0.5) is 5.69 Å². The first-order valence-corrected chi connectivity index (χ1v) is 9.65. The van der Waals surface area contributed by atoms with Gasteiger partial charge in [-0.3, -0.25) is 14.4 Å². The van der Waals surface area contributed by atoms with Crippen LogP contribution in [0, 0.1) is 6.92 Å². The molecule has 2 rings (SSSR count). The Morgan fingerprint density at radius 1 is 1.06 bits per heavy atom. The van der Waals surface area contributed by atoms with Gasteiger partial charge in [0, 0.05) is 17.8 Å². The number of anilines is 1. The van der Waals surface area contributed by atoms with Gasteiger partial charge in [-0.25, -0.2) is 4.79 Å². The summed E-state index contributed by atoms with van der Waals surface area (Å²) in [5.41, 5.74) is 7.20. The molecule has 5 N–H and O–H groups in total. The molecule has 0 radical (unpaired) electrons. The molecule has 9 nitrogen and oxygen atoms in total. The first-order chi connectivity index (χ1) is 14.7. The van der Waals surface area contributed by atoms with E-state index in [1.807, 2.05) is 0 Å². The molecule has 0 aliphatic rings. The highest BCUT2D eigenvalue weighted by atomic mass is 35.5. The number of nitrogen functional groups attached to an aromatic ring is 1. The van der Waals surface area contributed by atoms with Crippen molar-refractivity contribution in [2.75, 3.05) is 25.9 Å². The lowest BCUT2D eigenvalue weighted by Crippen LogP contribution is -2.50. The quantitative estimate of drug-likeness (QED) is 0.353. The molecule has 0 heterocycles. The number of carbonyl (C=O) groups excluding carboxylic acids is 4. The first-order valence-electron chi connectivity index (χ1n) is 9.27. The third kappa shape index (κ3) is 6.71. The maximum atomic E-state index is 12.6. The predicted molar refractivity (Wildman–Crippen MR) is 116 cm³/mol. The minimum Gasteiger partial charge on any atom is -0.467 e. The molecule has 1 atom stereocenters. The molecule has 0 bridgehead atoms. The van der Waals surface area contributed by atoms with Gasteiger partial charge < -0.3 is 26.4 Å². The number of nitrogens with one attached hydrogen (secondary N) is 3. The van der Waals surface area contributed by atoms with Crippen LogP contribution in [0.25, 0.3) is 0 Å². The van der Waals surface area contributed by atoms with E-state index in [0.29, 0.717) is 16.8 Å². The molecule has 0 fully saturated rings. The SMILES string of the molecule is COC(=O)[C@H](CNC(=O)CNC(=O)c1cccc(N)c1)NC(=O)c1c(C)cccc1Cl. The summed E-state index contributed by atoms with van der Waals surface area (Å²) in [6, 6.07) is 10.1. The van der Waals surface area contributed by atoms with Gasteiger partial charge >= 0.3 is 5.97 Å². The molecule has 0 saturated heterocycles. The van der Waals surface area contributed by atoms with E-state index >= 15 is 0 Å². The Hall–Kier alpha value is -3.59. The molecule has 2 aromatic carbocycles. The van der Waals surface area contributed by atoms with Gasteiger partial charge in [0.1, 0.15) is 6.04 Å². The lowest BCUT2D eigenvalue weighted by molar-refractivity contribution is -0.142. The molecule has 0 unspecified atom stereocenters. The number of rotatable bonds is 8. The van der Waals surface area contributed by atoms with Crippen molar-refractivity contribution >= 4 is 41.0 Å². The van der Waals surface area contributed by atoms with Crippen molar-refractivity contribution < 1.29 is 23.9 Å². The number of carbonyl (C=O) groups is 4. The topological polar surface area (TPSA) is 140 Å². The normalized spacial score (nSPS) is 11.2. The molecule has 0 aromatic heterocycles. The molecule has 2 aromatic rings. The Balaban J connectivity index is 1.94. The average molecular weight is 447 g/mol. The monoisotopic (exact) mass is 446 g/mol. The van der Waals surface area contributed by atoms with E-state index in [2.05, 4.69) is 20.7 Å². The van der Waals surface area contributed by atoms with Crippen molar-refractivity contribution in [1.29, 1.82) is 0 Å². The van der Waals surface area contributed by atoms with Gasteiger partial charge in [-0.05, 0) is 36.8 Å². The van der Waals surface area contributed by atoms with Crippen molar-refractivity contribution in [3.8, 4) is 0 Å². The lowest BCUT2D eigenvalue weighted by Gasteiger charge is -2.18. The summed E-state index contributed by atoms with van der Waals surface area (Å²) < 4.78 is 4.69. The highest BCUT2D eigenvalue weighted by Gasteiger charge is 2.24. The third-order valence-electron chi connectivity index (χ3n) is 4.30. The summed E-state index contributed by atoms with van der Waals surface area (Å²) >= 11 is 6.09. The maximum absolute atomic E-state index is 12.6. The van der Waals surface area contributed by atoms with Crippen LogP contribution >= 0.6 is 11.6 Å². The van der Waals surface area contributed by atoms with Gasteiger partial charge in [-0.2, -0.15) is 0 Å². The number of methoxy groups -OCH3 is 1. The van der Waals surface area contributed by atoms with Crippen LogP contribution in [-0.2, 0) is 14.3 Å². The molecular formula is C21H23ClN4O5. The largest absolute Gasteiger partial charge is 0.467 e. The summed E-state index contributed by atoms with van der Waals surface area (Å²) in [6.07, 6.45) is 0. The van der Waals surface area contributed by atoms with Crippen LogP contribution in [0.2, 0.25) is 5.02 Å². The van der Waals surface area contributed by atoms with Gasteiger partial charge in [-0.15, -0.1) is 0 Å². The molecule has 3 amide bonds. The van der Waals surface area contributed by atoms with Crippen LogP contribution in [0.5, 0.6) is 0 Å². The molecule has 31 heavy (non-hydrogen) atoms. The van der Waals surface area contributed by atoms with E-state index in [9.17, 15) is 19.2 Å². The van der Waals surface area contributed by atoms with Crippen LogP contribution in [0.3, 0.4) is 0 Å². The summed E-state index contributed by atoms with van der Waals surface area (Å²) in [5, 5.41) is 7.66. The minimum atomic E-state index is -1.15. The smallest absolute Gasteiger partial charge is 0.330 e. The van der Waals surface area contributed by atoms with Crippen molar-refractivity contribution in [3.63, 3.8) is 0 Å². The number of nitrogens with two attached hydrogens (primary N) is 1. The molecule has 10 heteroatoms. The van der Waals surface area contributed by atoms with Crippen LogP contribution in [0.15, 0.2) is 42.5 Å². The Kier molecular flexibility index (Phi) is 8.39. The molecule has 0 spiro atoms. The van der Waals surface area contributed by atoms with Crippen molar-refractivity contribution in [2.45, 2.75) is 13.0 Å². The Labute approximate surface area is 184 Å². The first kappa shape index (κ1) is 23.7. The molecule has 0 saturated carbocycles. The molecule has 0 aliphatic carbocycles. The summed E-state index contributed by atoms with van der Waals surface area (Å²) in [7, 11) is 1.16. The summed E-state index contributed by atoms with van der Waals surface area (Å²) in [6.45, 7) is 1.13. The Morgan fingerprint density at radius 3 is 2.42 bits per heavy atom. The average Bonchev–Trinajstić information content (AvgIpc) is 2.74. The van der Waals surface area contributed by atoms with E-state index in [1.165, 1.54) is 6.07 Å². The fourth-order valence-electron chi connectivity index (χ4n) is 2.71. The number of amides is 3. The molecule has 164 valence electrons. The van der Waals surface area contributed by atoms with E-state index < -0.39 is 29.7 Å². The van der Waals surface area contributed by atoms with Crippen molar-refractivity contribution in [3.05, 3.63) is 64.2 Å². The van der Waals surface area contributed by atoms with E-state index in [4.69, 9.17) is 17.3 Å². The van der Waals surface area contributed by atoms with E-state index in [-0.39, 0.29) is 23.7 Å². The highest BCUT2D eigenvalue weighted by Crippen LogP contribution is 2.19. The number of esters is 1. The fourth-order valence-corrected chi connectivity index (χ4v) is 3.01. The second-order valence-corrected chi connectivity index (χ2v) is 7.00. The predicted octanol–water partition coefficient (Wildman–Crippen LogP) is 1.05. The number of ether oxygens (including phenoxy) is 1. The van der Waals surface area contributed by atoms with Crippen molar-refractivity contribution in [1.82, 2.24) is 16.0 Å². The second-order valence-electron chi connectivity index (χ2n) is 6.59. The summed E-state index contributed by atoms with van der Waals surface area (Å²) in [4.78, 5) is 48.8. The molecule has 0 aliphatic heterocycles.